The van der Waals surface area contributed by atoms with Crippen molar-refractivity contribution in [3.63, 3.8) is 0 Å². The number of benzene rings is 3. The molecule has 0 fully saturated rings. The molecule has 1 heterocycles. The van der Waals surface area contributed by atoms with Gasteiger partial charge in [-0.15, -0.1) is 0 Å². The Morgan fingerprint density at radius 2 is 1.74 bits per heavy atom. The highest BCUT2D eigenvalue weighted by Gasteiger charge is 2.16. The van der Waals surface area contributed by atoms with Gasteiger partial charge in [-0.25, -0.2) is 9.97 Å². The molecular weight excluding hydrogens is 400 g/mol. The number of nitrogens with one attached hydrogen (secondary N) is 1. The third kappa shape index (κ3) is 3.88. The van der Waals surface area contributed by atoms with Crippen molar-refractivity contribution >= 4 is 28.1 Å². The molecule has 0 bridgehead atoms. The number of phenolic OH excluding ortho intramolecular Hbond substituents is 1. The maximum atomic E-state index is 11.2. The summed E-state index contributed by atoms with van der Waals surface area (Å²) in [5.74, 6) is 1.63. The summed E-state index contributed by atoms with van der Waals surface area (Å²) in [6, 6.07) is 16.8. The summed E-state index contributed by atoms with van der Waals surface area (Å²) in [4.78, 5) is 19.8. The smallest absolute Gasteiger partial charge is 0.312 e. The normalized spacial score (nSPS) is 10.6. The maximum absolute atomic E-state index is 11.2. The number of aromatic nitrogens is 2. The van der Waals surface area contributed by atoms with Crippen molar-refractivity contribution in [3.05, 3.63) is 70.8 Å². The number of methoxy groups -OCH3 is 2. The number of hydrogen-bond acceptors (Lipinski definition) is 8. The number of phenols is 1. The van der Waals surface area contributed by atoms with Gasteiger partial charge < -0.3 is 19.9 Å². The van der Waals surface area contributed by atoms with Crippen LogP contribution in [0.1, 0.15) is 0 Å². The highest BCUT2D eigenvalue weighted by molar-refractivity contribution is 5.92. The van der Waals surface area contributed by atoms with Gasteiger partial charge in [0.1, 0.15) is 5.82 Å². The molecule has 0 saturated heterocycles. The Hall–Kier alpha value is -4.40. The van der Waals surface area contributed by atoms with E-state index < -0.39 is 16.4 Å². The van der Waals surface area contributed by atoms with Gasteiger partial charge in [0, 0.05) is 22.7 Å². The first-order valence-corrected chi connectivity index (χ1v) is 9.23. The van der Waals surface area contributed by atoms with Crippen LogP contribution in [0.2, 0.25) is 0 Å². The molecular formula is C22H18N4O5. The molecule has 31 heavy (non-hydrogen) atoms. The fourth-order valence-corrected chi connectivity index (χ4v) is 3.16. The second-order valence-electron chi connectivity index (χ2n) is 6.57. The second kappa shape index (κ2) is 8.15. The van der Waals surface area contributed by atoms with Crippen LogP contribution in [0.15, 0.2) is 60.7 Å². The number of ether oxygens (including phenoxy) is 2. The van der Waals surface area contributed by atoms with Gasteiger partial charge in [0.05, 0.1) is 24.7 Å². The minimum atomic E-state index is -0.645. The first-order chi connectivity index (χ1) is 15.0. The van der Waals surface area contributed by atoms with Crippen LogP contribution in [0.5, 0.6) is 17.2 Å². The van der Waals surface area contributed by atoms with E-state index in [-0.39, 0.29) is 0 Å². The van der Waals surface area contributed by atoms with E-state index in [1.165, 1.54) is 18.2 Å². The highest BCUT2D eigenvalue weighted by atomic mass is 16.6. The molecule has 2 N–H and O–H groups in total. The molecule has 4 rings (SSSR count). The van der Waals surface area contributed by atoms with E-state index in [1.807, 2.05) is 30.3 Å². The quantitative estimate of drug-likeness (QED) is 0.263. The number of nitro benzene ring substituents is 1. The molecule has 9 heteroatoms. The molecule has 0 saturated carbocycles. The van der Waals surface area contributed by atoms with Crippen LogP contribution in [0, 0.1) is 10.1 Å². The lowest BCUT2D eigenvalue weighted by Gasteiger charge is -2.13. The van der Waals surface area contributed by atoms with Crippen molar-refractivity contribution in [1.82, 2.24) is 9.97 Å². The Morgan fingerprint density at radius 3 is 2.48 bits per heavy atom. The SMILES string of the molecule is COc1ccc(-c2nc(Nc3ccc(O)c([N+](=O)[O-])c3)c3ccccc3n2)cc1OC. The molecule has 0 aliphatic carbocycles. The van der Waals surface area contributed by atoms with Crippen molar-refractivity contribution < 1.29 is 19.5 Å². The third-order valence-corrected chi connectivity index (χ3v) is 4.68. The molecule has 0 atom stereocenters. The van der Waals surface area contributed by atoms with E-state index in [0.717, 1.165) is 5.39 Å². The zero-order chi connectivity index (χ0) is 22.0. The van der Waals surface area contributed by atoms with Gasteiger partial charge in [-0.1, -0.05) is 12.1 Å². The lowest BCUT2D eigenvalue weighted by molar-refractivity contribution is -0.385. The molecule has 9 nitrogen and oxygen atoms in total. The molecule has 0 amide bonds. The first-order valence-electron chi connectivity index (χ1n) is 9.23. The van der Waals surface area contributed by atoms with Gasteiger partial charge in [0.2, 0.25) is 0 Å². The van der Waals surface area contributed by atoms with Crippen molar-refractivity contribution in [1.29, 1.82) is 0 Å². The predicted octanol–water partition coefficient (Wildman–Crippen LogP) is 4.67. The first kappa shape index (κ1) is 19.9. The van der Waals surface area contributed by atoms with Crippen LogP contribution < -0.4 is 14.8 Å². The Kier molecular flexibility index (Phi) is 5.23. The topological polar surface area (TPSA) is 120 Å². The molecule has 0 radical (unpaired) electrons. The van der Waals surface area contributed by atoms with Crippen LogP contribution in [0.3, 0.4) is 0 Å². The average Bonchev–Trinajstić information content (AvgIpc) is 2.79. The van der Waals surface area contributed by atoms with Gasteiger partial charge in [0.15, 0.2) is 23.1 Å². The summed E-state index contributed by atoms with van der Waals surface area (Å²) < 4.78 is 10.7. The van der Waals surface area contributed by atoms with Crippen LogP contribution in [0.4, 0.5) is 17.2 Å². The van der Waals surface area contributed by atoms with Crippen LogP contribution in [0.25, 0.3) is 22.3 Å². The van der Waals surface area contributed by atoms with Crippen LogP contribution >= 0.6 is 0 Å². The molecule has 3 aromatic carbocycles. The number of hydrogen-bond donors (Lipinski definition) is 2. The summed E-state index contributed by atoms with van der Waals surface area (Å²) >= 11 is 0. The van der Waals surface area contributed by atoms with Gasteiger partial charge in [-0.05, 0) is 42.5 Å². The number of nitro groups is 1. The highest BCUT2D eigenvalue weighted by Crippen LogP contribution is 2.34. The maximum Gasteiger partial charge on any atom is 0.312 e. The Labute approximate surface area is 177 Å². The minimum Gasteiger partial charge on any atom is -0.502 e. The standard InChI is InChI=1S/C22H18N4O5/c1-30-19-10-7-13(11-20(19)31-2)21-24-16-6-4-3-5-15(16)22(25-21)23-14-8-9-18(27)17(12-14)26(28)29/h3-12,27H,1-2H3,(H,23,24,25). The van der Waals surface area contributed by atoms with E-state index in [0.29, 0.717) is 39.9 Å². The van der Waals surface area contributed by atoms with Gasteiger partial charge in [-0.3, -0.25) is 10.1 Å². The lowest BCUT2D eigenvalue weighted by Crippen LogP contribution is -2.00. The van der Waals surface area contributed by atoms with Crippen molar-refractivity contribution in [2.45, 2.75) is 0 Å². The third-order valence-electron chi connectivity index (χ3n) is 4.68. The summed E-state index contributed by atoms with van der Waals surface area (Å²) in [6.45, 7) is 0. The lowest BCUT2D eigenvalue weighted by atomic mass is 10.1. The number of aromatic hydroxyl groups is 1. The van der Waals surface area contributed by atoms with Crippen molar-refractivity contribution in [2.75, 3.05) is 19.5 Å². The molecule has 0 unspecified atom stereocenters. The summed E-state index contributed by atoms with van der Waals surface area (Å²) in [6.07, 6.45) is 0. The number of para-hydroxylation sites is 1. The van der Waals surface area contributed by atoms with Gasteiger partial charge in [0.25, 0.3) is 0 Å². The Balaban J connectivity index is 1.83. The van der Waals surface area contributed by atoms with E-state index in [9.17, 15) is 15.2 Å². The number of nitrogens with zero attached hydrogens (tertiary/aromatic N) is 3. The molecule has 4 aromatic rings. The fraction of sp³-hybridized carbons (Fsp3) is 0.0909. The van der Waals surface area contributed by atoms with E-state index in [2.05, 4.69) is 15.3 Å². The Bertz CT molecular complexity index is 1290. The largest absolute Gasteiger partial charge is 0.502 e. The summed E-state index contributed by atoms with van der Waals surface area (Å²) in [7, 11) is 3.11. The molecule has 1 aromatic heterocycles. The molecule has 0 aliphatic heterocycles. The summed E-state index contributed by atoms with van der Waals surface area (Å²) in [5, 5.41) is 24.7. The van der Waals surface area contributed by atoms with E-state index in [4.69, 9.17) is 9.47 Å². The average molecular weight is 418 g/mol. The number of anilines is 2. The monoisotopic (exact) mass is 418 g/mol. The van der Waals surface area contributed by atoms with Crippen molar-refractivity contribution in [3.8, 4) is 28.6 Å². The minimum absolute atomic E-state index is 0.400. The number of rotatable bonds is 6. The fourth-order valence-electron chi connectivity index (χ4n) is 3.16. The summed E-state index contributed by atoms with van der Waals surface area (Å²) in [5.41, 5.74) is 1.41. The number of fused-ring (bicyclic) bond motifs is 1. The second-order valence-corrected chi connectivity index (χ2v) is 6.57. The van der Waals surface area contributed by atoms with Crippen LogP contribution in [-0.4, -0.2) is 34.2 Å². The van der Waals surface area contributed by atoms with E-state index >= 15 is 0 Å². The van der Waals surface area contributed by atoms with Crippen LogP contribution in [-0.2, 0) is 0 Å². The van der Waals surface area contributed by atoms with Gasteiger partial charge >= 0.3 is 5.69 Å². The van der Waals surface area contributed by atoms with Gasteiger partial charge in [-0.2, -0.15) is 0 Å². The molecule has 0 aliphatic rings. The van der Waals surface area contributed by atoms with Crippen molar-refractivity contribution in [2.24, 2.45) is 0 Å². The Morgan fingerprint density at radius 1 is 0.968 bits per heavy atom. The zero-order valence-electron chi connectivity index (χ0n) is 16.7. The zero-order valence-corrected chi connectivity index (χ0v) is 16.7. The molecule has 156 valence electrons. The molecule has 0 spiro atoms. The van der Waals surface area contributed by atoms with E-state index in [1.54, 1.807) is 26.4 Å². The predicted molar refractivity (Wildman–Crippen MR) is 116 cm³/mol.